The lowest BCUT2D eigenvalue weighted by Crippen LogP contribution is -2.33. The summed E-state index contributed by atoms with van der Waals surface area (Å²) >= 11 is 0. The molecule has 0 unspecified atom stereocenters. The summed E-state index contributed by atoms with van der Waals surface area (Å²) in [7, 11) is 2.11. The number of nitrogens with one attached hydrogen (secondary N) is 2. The van der Waals surface area contributed by atoms with Crippen molar-refractivity contribution in [1.29, 1.82) is 0 Å². The molecule has 1 aliphatic rings. The van der Waals surface area contributed by atoms with E-state index in [1.807, 2.05) is 0 Å². The van der Waals surface area contributed by atoms with Crippen LogP contribution in [0.5, 0.6) is 0 Å². The van der Waals surface area contributed by atoms with E-state index >= 15 is 0 Å². The molecule has 0 amide bonds. The quantitative estimate of drug-likeness (QED) is 0.880. The smallest absolute Gasteiger partial charge is 0.0480 e. The van der Waals surface area contributed by atoms with Gasteiger partial charge in [0.05, 0.1) is 0 Å². The molecule has 1 saturated heterocycles. The predicted molar refractivity (Wildman–Crippen MR) is 80.2 cm³/mol. The SMILES string of the molecule is Cn1ccc2ccc(CNCC3CCNCC3)cc21. The van der Waals surface area contributed by atoms with Crippen molar-refractivity contribution in [3.8, 4) is 0 Å². The first-order chi connectivity index (χ1) is 9.33. The topological polar surface area (TPSA) is 29.0 Å². The Morgan fingerprint density at radius 1 is 1.26 bits per heavy atom. The van der Waals surface area contributed by atoms with E-state index in [0.717, 1.165) is 19.0 Å². The van der Waals surface area contributed by atoms with E-state index in [4.69, 9.17) is 0 Å². The Kier molecular flexibility index (Phi) is 3.85. The van der Waals surface area contributed by atoms with Crippen molar-refractivity contribution < 1.29 is 0 Å². The Balaban J connectivity index is 1.57. The first-order valence-electron chi connectivity index (χ1n) is 7.28. The molecule has 0 aliphatic carbocycles. The lowest BCUT2D eigenvalue weighted by atomic mass is 9.98. The van der Waals surface area contributed by atoms with Gasteiger partial charge in [-0.25, -0.2) is 0 Å². The van der Waals surface area contributed by atoms with Crippen molar-refractivity contribution in [3.05, 3.63) is 36.0 Å². The Morgan fingerprint density at radius 3 is 2.95 bits per heavy atom. The monoisotopic (exact) mass is 257 g/mol. The molecule has 0 atom stereocenters. The van der Waals surface area contributed by atoms with Crippen LogP contribution in [-0.4, -0.2) is 24.2 Å². The summed E-state index contributed by atoms with van der Waals surface area (Å²) in [6, 6.07) is 8.92. The van der Waals surface area contributed by atoms with Crippen molar-refractivity contribution >= 4 is 10.9 Å². The molecule has 0 spiro atoms. The van der Waals surface area contributed by atoms with E-state index in [1.165, 1.54) is 42.4 Å². The molecule has 19 heavy (non-hydrogen) atoms. The average Bonchev–Trinajstić information content (AvgIpc) is 2.82. The van der Waals surface area contributed by atoms with Gasteiger partial charge >= 0.3 is 0 Å². The number of piperidine rings is 1. The van der Waals surface area contributed by atoms with Gasteiger partial charge in [0.25, 0.3) is 0 Å². The summed E-state index contributed by atoms with van der Waals surface area (Å²) in [5, 5.41) is 8.35. The molecule has 3 heteroatoms. The highest BCUT2D eigenvalue weighted by Gasteiger charge is 2.12. The maximum Gasteiger partial charge on any atom is 0.0480 e. The summed E-state index contributed by atoms with van der Waals surface area (Å²) in [4.78, 5) is 0. The number of aromatic nitrogens is 1. The second-order valence-corrected chi connectivity index (χ2v) is 5.64. The summed E-state index contributed by atoms with van der Waals surface area (Å²) < 4.78 is 2.19. The maximum atomic E-state index is 3.61. The van der Waals surface area contributed by atoms with Crippen LogP contribution in [0.25, 0.3) is 10.9 Å². The Hall–Kier alpha value is -1.32. The van der Waals surface area contributed by atoms with Gasteiger partial charge in [0.2, 0.25) is 0 Å². The molecule has 1 aromatic heterocycles. The van der Waals surface area contributed by atoms with Crippen molar-refractivity contribution in [1.82, 2.24) is 15.2 Å². The van der Waals surface area contributed by atoms with Gasteiger partial charge in [-0.05, 0) is 61.5 Å². The van der Waals surface area contributed by atoms with Crippen LogP contribution >= 0.6 is 0 Å². The number of nitrogens with zero attached hydrogens (tertiary/aromatic N) is 1. The lowest BCUT2D eigenvalue weighted by molar-refractivity contribution is 0.356. The maximum absolute atomic E-state index is 3.61. The van der Waals surface area contributed by atoms with E-state index in [0.29, 0.717) is 0 Å². The standard InChI is InChI=1S/C16H23N3/c1-19-9-6-15-3-2-14(10-16(15)19)12-18-11-13-4-7-17-8-5-13/h2-3,6,9-10,13,17-18H,4-5,7-8,11-12H2,1H3. The Bertz CT molecular complexity index is 538. The summed E-state index contributed by atoms with van der Waals surface area (Å²) in [5.74, 6) is 0.847. The van der Waals surface area contributed by atoms with E-state index < -0.39 is 0 Å². The second kappa shape index (κ2) is 5.76. The number of hydrogen-bond donors (Lipinski definition) is 2. The molecular formula is C16H23N3. The van der Waals surface area contributed by atoms with Crippen molar-refractivity contribution in [3.63, 3.8) is 0 Å². The number of aryl methyl sites for hydroxylation is 1. The number of rotatable bonds is 4. The molecule has 2 aromatic rings. The highest BCUT2D eigenvalue weighted by molar-refractivity contribution is 5.80. The molecular weight excluding hydrogens is 234 g/mol. The molecule has 2 heterocycles. The van der Waals surface area contributed by atoms with Crippen LogP contribution in [-0.2, 0) is 13.6 Å². The van der Waals surface area contributed by atoms with Gasteiger partial charge in [-0.2, -0.15) is 0 Å². The second-order valence-electron chi connectivity index (χ2n) is 5.64. The molecule has 0 bridgehead atoms. The first kappa shape index (κ1) is 12.7. The van der Waals surface area contributed by atoms with Crippen LogP contribution in [0.2, 0.25) is 0 Å². The zero-order chi connectivity index (χ0) is 13.1. The minimum absolute atomic E-state index is 0.847. The molecule has 0 saturated carbocycles. The van der Waals surface area contributed by atoms with Gasteiger partial charge < -0.3 is 15.2 Å². The third kappa shape index (κ3) is 2.99. The van der Waals surface area contributed by atoms with Gasteiger partial charge in [-0.1, -0.05) is 12.1 Å². The zero-order valence-corrected chi connectivity index (χ0v) is 11.7. The minimum atomic E-state index is 0.847. The van der Waals surface area contributed by atoms with E-state index in [2.05, 4.69) is 52.7 Å². The summed E-state index contributed by atoms with van der Waals surface area (Å²) in [6.45, 7) is 4.49. The Labute approximate surface area is 115 Å². The fourth-order valence-electron chi connectivity index (χ4n) is 2.92. The van der Waals surface area contributed by atoms with E-state index in [-0.39, 0.29) is 0 Å². The third-order valence-corrected chi connectivity index (χ3v) is 4.17. The summed E-state index contributed by atoms with van der Waals surface area (Å²) in [5.41, 5.74) is 2.70. The minimum Gasteiger partial charge on any atom is -0.351 e. The normalized spacial score (nSPS) is 17.1. The predicted octanol–water partition coefficient (Wildman–Crippen LogP) is 2.27. The van der Waals surface area contributed by atoms with Crippen LogP contribution in [0.15, 0.2) is 30.5 Å². The van der Waals surface area contributed by atoms with Gasteiger partial charge in [-0.15, -0.1) is 0 Å². The lowest BCUT2D eigenvalue weighted by Gasteiger charge is -2.22. The Morgan fingerprint density at radius 2 is 2.11 bits per heavy atom. The number of fused-ring (bicyclic) bond motifs is 1. The fourth-order valence-corrected chi connectivity index (χ4v) is 2.92. The van der Waals surface area contributed by atoms with Gasteiger partial charge in [-0.3, -0.25) is 0 Å². The van der Waals surface area contributed by atoms with Crippen molar-refractivity contribution in [2.75, 3.05) is 19.6 Å². The third-order valence-electron chi connectivity index (χ3n) is 4.17. The molecule has 0 radical (unpaired) electrons. The van der Waals surface area contributed by atoms with Gasteiger partial charge in [0, 0.05) is 25.3 Å². The van der Waals surface area contributed by atoms with Crippen LogP contribution in [0.1, 0.15) is 18.4 Å². The molecule has 1 aromatic carbocycles. The zero-order valence-electron chi connectivity index (χ0n) is 11.7. The largest absolute Gasteiger partial charge is 0.351 e. The summed E-state index contributed by atoms with van der Waals surface area (Å²) in [6.07, 6.45) is 4.74. The highest BCUT2D eigenvalue weighted by atomic mass is 14.9. The molecule has 1 fully saturated rings. The molecule has 2 N–H and O–H groups in total. The number of hydrogen-bond acceptors (Lipinski definition) is 2. The molecule has 102 valence electrons. The van der Waals surface area contributed by atoms with Crippen molar-refractivity contribution in [2.45, 2.75) is 19.4 Å². The molecule has 3 rings (SSSR count). The molecule has 1 aliphatic heterocycles. The first-order valence-corrected chi connectivity index (χ1v) is 7.28. The van der Waals surface area contributed by atoms with Gasteiger partial charge in [0.15, 0.2) is 0 Å². The van der Waals surface area contributed by atoms with Crippen LogP contribution < -0.4 is 10.6 Å². The average molecular weight is 257 g/mol. The van der Waals surface area contributed by atoms with E-state index in [9.17, 15) is 0 Å². The van der Waals surface area contributed by atoms with E-state index in [1.54, 1.807) is 0 Å². The van der Waals surface area contributed by atoms with Crippen LogP contribution in [0, 0.1) is 5.92 Å². The van der Waals surface area contributed by atoms with Gasteiger partial charge in [0.1, 0.15) is 0 Å². The van der Waals surface area contributed by atoms with Crippen molar-refractivity contribution in [2.24, 2.45) is 13.0 Å². The highest BCUT2D eigenvalue weighted by Crippen LogP contribution is 2.17. The van der Waals surface area contributed by atoms with Crippen LogP contribution in [0.3, 0.4) is 0 Å². The van der Waals surface area contributed by atoms with Crippen LogP contribution in [0.4, 0.5) is 0 Å². The fraction of sp³-hybridized carbons (Fsp3) is 0.500. The number of benzene rings is 1. The molecule has 3 nitrogen and oxygen atoms in total.